The lowest BCUT2D eigenvalue weighted by molar-refractivity contribution is -0.0102. The summed E-state index contributed by atoms with van der Waals surface area (Å²) in [5.41, 5.74) is 2.92. The van der Waals surface area contributed by atoms with E-state index in [4.69, 9.17) is 10.2 Å². The van der Waals surface area contributed by atoms with E-state index in [2.05, 4.69) is 35.8 Å². The molecule has 1 aromatic heterocycles. The minimum absolute atomic E-state index is 0.304. The van der Waals surface area contributed by atoms with Crippen LogP contribution < -0.4 is 0 Å². The van der Waals surface area contributed by atoms with Gasteiger partial charge >= 0.3 is 0 Å². The Morgan fingerprint density at radius 1 is 0.960 bits per heavy atom. The zero-order valence-corrected chi connectivity index (χ0v) is 15.1. The summed E-state index contributed by atoms with van der Waals surface area (Å²) in [6.45, 7) is 2.19. The van der Waals surface area contributed by atoms with Crippen LogP contribution in [0.5, 0.6) is 0 Å². The zero-order valence-electron chi connectivity index (χ0n) is 15.1. The third-order valence-corrected chi connectivity index (χ3v) is 7.40. The van der Waals surface area contributed by atoms with Crippen molar-refractivity contribution in [2.45, 2.75) is 69.6 Å². The van der Waals surface area contributed by atoms with Crippen LogP contribution in [0, 0.1) is 24.7 Å². The van der Waals surface area contributed by atoms with E-state index in [1.807, 2.05) is 0 Å². The van der Waals surface area contributed by atoms with Crippen LogP contribution >= 0.6 is 0 Å². The molecule has 0 radical (unpaired) electrons. The molecule has 25 heavy (non-hydrogen) atoms. The zero-order chi connectivity index (χ0) is 16.6. The van der Waals surface area contributed by atoms with Gasteiger partial charge < -0.3 is 0 Å². The van der Waals surface area contributed by atoms with Gasteiger partial charge in [-0.15, -0.1) is 10.2 Å². The monoisotopic (exact) mass is 333 g/mol. The number of aromatic nitrogens is 3. The van der Waals surface area contributed by atoms with Crippen LogP contribution in [0.25, 0.3) is 5.69 Å². The van der Waals surface area contributed by atoms with Gasteiger partial charge in [0.05, 0.1) is 0 Å². The fourth-order valence-corrected chi connectivity index (χ4v) is 6.65. The van der Waals surface area contributed by atoms with E-state index in [1.54, 1.807) is 0 Å². The van der Waals surface area contributed by atoms with Crippen LogP contribution in [0.2, 0.25) is 0 Å². The summed E-state index contributed by atoms with van der Waals surface area (Å²) in [6, 6.07) is 8.95. The molecule has 0 saturated heterocycles. The largest absolute Gasteiger partial charge is 0.282 e. The smallest absolute Gasteiger partial charge is 0.143 e. The van der Waals surface area contributed by atoms with Gasteiger partial charge in [0.1, 0.15) is 11.6 Å². The Hall–Kier alpha value is -1.64. The van der Waals surface area contributed by atoms with Crippen molar-refractivity contribution >= 4 is 0 Å². The van der Waals surface area contributed by atoms with E-state index < -0.39 is 0 Å². The van der Waals surface area contributed by atoms with Gasteiger partial charge in [0, 0.05) is 17.0 Å². The lowest BCUT2D eigenvalue weighted by atomic mass is 9.49. The minimum Gasteiger partial charge on any atom is -0.282 e. The molecular weight excluding hydrogens is 306 g/mol. The SMILES string of the molecule is Cc1cccc(-n2c(C3CC3)nnc2C23CC4CC(CC(C4)C2)C3)c1. The highest BCUT2D eigenvalue weighted by Gasteiger charge is 2.54. The molecule has 5 fully saturated rings. The number of aryl methyl sites for hydroxylation is 1. The molecular formula is C22H27N3. The molecule has 4 bridgehead atoms. The van der Waals surface area contributed by atoms with Gasteiger partial charge in [-0.2, -0.15) is 0 Å². The molecule has 1 aromatic carbocycles. The molecule has 5 aliphatic rings. The molecule has 0 spiro atoms. The Bertz CT molecular complexity index is 794. The predicted octanol–water partition coefficient (Wildman–Crippen LogP) is 4.92. The first-order valence-electron chi connectivity index (χ1n) is 10.2. The van der Waals surface area contributed by atoms with Crippen molar-refractivity contribution in [1.82, 2.24) is 14.8 Å². The molecule has 3 nitrogen and oxygen atoms in total. The second-order valence-corrected chi connectivity index (χ2v) is 9.53. The van der Waals surface area contributed by atoms with Crippen molar-refractivity contribution in [1.29, 1.82) is 0 Å². The maximum Gasteiger partial charge on any atom is 0.143 e. The summed E-state index contributed by atoms with van der Waals surface area (Å²) >= 11 is 0. The van der Waals surface area contributed by atoms with Crippen molar-refractivity contribution in [3.8, 4) is 5.69 Å². The van der Waals surface area contributed by atoms with Crippen molar-refractivity contribution < 1.29 is 0 Å². The molecule has 0 N–H and O–H groups in total. The summed E-state index contributed by atoms with van der Waals surface area (Å²) in [6.07, 6.45) is 11.1. The molecule has 2 aromatic rings. The Morgan fingerprint density at radius 2 is 1.64 bits per heavy atom. The standard InChI is InChI=1S/C22H27N3/c1-14-3-2-4-19(7-14)25-20(18-5-6-18)23-24-21(25)22-11-15-8-16(12-22)10-17(9-15)13-22/h2-4,7,15-18H,5-6,8-13H2,1H3. The molecule has 5 aliphatic carbocycles. The Morgan fingerprint density at radius 3 is 2.24 bits per heavy atom. The number of nitrogens with zero attached hydrogens (tertiary/aromatic N) is 3. The van der Waals surface area contributed by atoms with Crippen LogP contribution in [-0.4, -0.2) is 14.8 Å². The highest BCUT2D eigenvalue weighted by atomic mass is 15.3. The van der Waals surface area contributed by atoms with Gasteiger partial charge in [0.15, 0.2) is 0 Å². The van der Waals surface area contributed by atoms with Gasteiger partial charge in [0.25, 0.3) is 0 Å². The van der Waals surface area contributed by atoms with Gasteiger partial charge in [-0.25, -0.2) is 0 Å². The molecule has 130 valence electrons. The second kappa shape index (κ2) is 4.96. The lowest BCUT2D eigenvalue weighted by Gasteiger charge is -2.56. The predicted molar refractivity (Wildman–Crippen MR) is 97.9 cm³/mol. The first kappa shape index (κ1) is 14.5. The summed E-state index contributed by atoms with van der Waals surface area (Å²) in [5.74, 6) is 6.00. The van der Waals surface area contributed by atoms with Gasteiger partial charge in [-0.05, 0) is 93.7 Å². The average molecular weight is 333 g/mol. The quantitative estimate of drug-likeness (QED) is 0.798. The van der Waals surface area contributed by atoms with E-state index >= 15 is 0 Å². The van der Waals surface area contributed by atoms with E-state index in [-0.39, 0.29) is 0 Å². The molecule has 0 atom stereocenters. The van der Waals surface area contributed by atoms with E-state index in [9.17, 15) is 0 Å². The van der Waals surface area contributed by atoms with E-state index in [0.29, 0.717) is 11.3 Å². The maximum absolute atomic E-state index is 4.89. The summed E-state index contributed by atoms with van der Waals surface area (Å²) in [4.78, 5) is 0. The summed E-state index contributed by atoms with van der Waals surface area (Å²) in [7, 11) is 0. The third-order valence-electron chi connectivity index (χ3n) is 7.40. The fraction of sp³-hybridized carbons (Fsp3) is 0.636. The maximum atomic E-state index is 4.89. The normalized spacial score (nSPS) is 36.1. The van der Waals surface area contributed by atoms with Crippen LogP contribution in [0.1, 0.15) is 74.5 Å². The fourth-order valence-electron chi connectivity index (χ4n) is 6.65. The van der Waals surface area contributed by atoms with Crippen molar-refractivity contribution in [2.24, 2.45) is 17.8 Å². The molecule has 0 amide bonds. The molecule has 1 heterocycles. The minimum atomic E-state index is 0.304. The molecule has 5 saturated carbocycles. The van der Waals surface area contributed by atoms with Gasteiger partial charge in [0.2, 0.25) is 0 Å². The highest BCUT2D eigenvalue weighted by molar-refractivity contribution is 5.40. The van der Waals surface area contributed by atoms with Crippen LogP contribution in [0.4, 0.5) is 0 Å². The van der Waals surface area contributed by atoms with Crippen molar-refractivity contribution in [3.05, 3.63) is 41.5 Å². The van der Waals surface area contributed by atoms with Crippen molar-refractivity contribution in [2.75, 3.05) is 0 Å². The lowest BCUT2D eigenvalue weighted by Crippen LogP contribution is -2.49. The first-order chi connectivity index (χ1) is 12.2. The van der Waals surface area contributed by atoms with E-state index in [1.165, 1.54) is 74.3 Å². The molecule has 3 heteroatoms. The summed E-state index contributed by atoms with van der Waals surface area (Å²) in [5, 5.41) is 9.64. The molecule has 0 aliphatic heterocycles. The van der Waals surface area contributed by atoms with Crippen LogP contribution in [0.3, 0.4) is 0 Å². The van der Waals surface area contributed by atoms with E-state index in [0.717, 1.165) is 17.8 Å². The highest BCUT2D eigenvalue weighted by Crippen LogP contribution is 2.60. The Balaban J connectivity index is 1.52. The molecule has 7 rings (SSSR count). The van der Waals surface area contributed by atoms with Crippen LogP contribution in [0.15, 0.2) is 24.3 Å². The topological polar surface area (TPSA) is 30.7 Å². The van der Waals surface area contributed by atoms with Gasteiger partial charge in [-0.1, -0.05) is 12.1 Å². The second-order valence-electron chi connectivity index (χ2n) is 9.53. The Kier molecular flexibility index (Phi) is 2.88. The van der Waals surface area contributed by atoms with Crippen LogP contribution in [-0.2, 0) is 5.41 Å². The third kappa shape index (κ3) is 2.17. The van der Waals surface area contributed by atoms with Gasteiger partial charge in [-0.3, -0.25) is 4.57 Å². The number of hydrogen-bond acceptors (Lipinski definition) is 2. The first-order valence-corrected chi connectivity index (χ1v) is 10.2. The Labute approximate surface area is 149 Å². The summed E-state index contributed by atoms with van der Waals surface area (Å²) < 4.78 is 2.48. The number of hydrogen-bond donors (Lipinski definition) is 0. The number of benzene rings is 1. The molecule has 0 unspecified atom stereocenters. The average Bonchev–Trinajstić information content (AvgIpc) is 3.31. The number of rotatable bonds is 3. The van der Waals surface area contributed by atoms with Crippen molar-refractivity contribution in [3.63, 3.8) is 0 Å².